The molecule has 2 aromatic carbocycles. The van der Waals surface area contributed by atoms with Crippen molar-refractivity contribution in [3.63, 3.8) is 0 Å². The molecule has 0 bridgehead atoms. The number of nitrogens with zero attached hydrogens (tertiary/aromatic N) is 3. The summed E-state index contributed by atoms with van der Waals surface area (Å²) in [6, 6.07) is 20.0. The van der Waals surface area contributed by atoms with E-state index in [1.54, 1.807) is 4.90 Å². The summed E-state index contributed by atoms with van der Waals surface area (Å²) in [6.45, 7) is 6.32. The van der Waals surface area contributed by atoms with Gasteiger partial charge in [0.25, 0.3) is 5.91 Å². The molecule has 0 saturated carbocycles. The monoisotopic (exact) mass is 490 g/mol. The smallest absolute Gasteiger partial charge is 0.250 e. The molecule has 2 aromatic rings. The summed E-state index contributed by atoms with van der Waals surface area (Å²) in [5.74, 6) is 0.398. The Hall–Kier alpha value is -3.35. The van der Waals surface area contributed by atoms with E-state index in [2.05, 4.69) is 24.1 Å². The summed E-state index contributed by atoms with van der Waals surface area (Å²) in [5.41, 5.74) is 1.40. The van der Waals surface area contributed by atoms with Gasteiger partial charge in [-0.15, -0.1) is 0 Å². The van der Waals surface area contributed by atoms with Crippen molar-refractivity contribution in [1.29, 1.82) is 0 Å². The first-order chi connectivity index (χ1) is 17.4. The maximum Gasteiger partial charge on any atom is 0.250 e. The number of benzene rings is 2. The van der Waals surface area contributed by atoms with Crippen LogP contribution in [0.15, 0.2) is 60.7 Å². The minimum atomic E-state index is -0.728. The van der Waals surface area contributed by atoms with Gasteiger partial charge < -0.3 is 20.0 Å². The van der Waals surface area contributed by atoms with E-state index in [9.17, 15) is 14.4 Å². The topological polar surface area (TPSA) is 73.0 Å². The number of amides is 3. The van der Waals surface area contributed by atoms with Crippen molar-refractivity contribution in [2.75, 3.05) is 37.7 Å². The predicted octanol–water partition coefficient (Wildman–Crippen LogP) is 3.45. The van der Waals surface area contributed by atoms with Gasteiger partial charge in [-0.25, -0.2) is 0 Å². The lowest BCUT2D eigenvalue weighted by Crippen LogP contribution is -2.57. The van der Waals surface area contributed by atoms with Gasteiger partial charge in [-0.1, -0.05) is 68.8 Å². The van der Waals surface area contributed by atoms with Crippen molar-refractivity contribution in [2.45, 2.75) is 51.5 Å². The second-order valence-corrected chi connectivity index (χ2v) is 10.1. The van der Waals surface area contributed by atoms with Crippen LogP contribution < -0.4 is 10.2 Å². The fraction of sp³-hybridized carbons (Fsp3) is 0.483. The number of rotatable bonds is 9. The van der Waals surface area contributed by atoms with Gasteiger partial charge in [0.2, 0.25) is 11.8 Å². The van der Waals surface area contributed by atoms with Crippen molar-refractivity contribution >= 4 is 23.4 Å². The van der Waals surface area contributed by atoms with Crippen molar-refractivity contribution in [3.8, 4) is 0 Å². The number of carbonyl (C=O) groups is 3. The average Bonchev–Trinajstić information content (AvgIpc) is 3.17. The highest BCUT2D eigenvalue weighted by molar-refractivity contribution is 5.96. The lowest BCUT2D eigenvalue weighted by Gasteiger charge is -2.43. The second kappa shape index (κ2) is 11.6. The molecular formula is C29H38N4O3. The number of para-hydroxylation sites is 1. The minimum absolute atomic E-state index is 0.0126. The Balaban J connectivity index is 1.43. The van der Waals surface area contributed by atoms with Gasteiger partial charge >= 0.3 is 0 Å². The summed E-state index contributed by atoms with van der Waals surface area (Å²) >= 11 is 0. The van der Waals surface area contributed by atoms with E-state index in [-0.39, 0.29) is 24.3 Å². The van der Waals surface area contributed by atoms with Crippen LogP contribution in [0.1, 0.15) is 45.1 Å². The highest BCUT2D eigenvalue weighted by Gasteiger charge is 2.54. The predicted molar refractivity (Wildman–Crippen MR) is 141 cm³/mol. The van der Waals surface area contributed by atoms with Crippen LogP contribution in [-0.2, 0) is 20.8 Å². The minimum Gasteiger partial charge on any atom is -0.354 e. The second-order valence-electron chi connectivity index (χ2n) is 10.1. The first-order valence-electron chi connectivity index (χ1n) is 13.1. The zero-order chi connectivity index (χ0) is 25.5. The van der Waals surface area contributed by atoms with Crippen LogP contribution >= 0.6 is 0 Å². The van der Waals surface area contributed by atoms with Gasteiger partial charge in [0.05, 0.1) is 6.67 Å². The SMILES string of the molecule is CCC(C)CNC(=O)CN1CN(c2ccccc2)C2(CCN(C(=O)CCc3ccccc3)CC2)C1=O. The number of hydrogen-bond acceptors (Lipinski definition) is 4. The van der Waals surface area contributed by atoms with Crippen LogP contribution in [-0.4, -0.2) is 65.9 Å². The van der Waals surface area contributed by atoms with Crippen molar-refractivity contribution in [2.24, 2.45) is 5.92 Å². The van der Waals surface area contributed by atoms with Crippen LogP contribution in [0.25, 0.3) is 0 Å². The third-order valence-electron chi connectivity index (χ3n) is 7.67. The normalized spacial score (nSPS) is 17.9. The summed E-state index contributed by atoms with van der Waals surface area (Å²) in [4.78, 5) is 45.1. The molecule has 1 unspecified atom stereocenters. The van der Waals surface area contributed by atoms with Gasteiger partial charge in [-0.3, -0.25) is 14.4 Å². The third kappa shape index (κ3) is 5.72. The molecule has 3 amide bonds. The highest BCUT2D eigenvalue weighted by Crippen LogP contribution is 2.39. The molecule has 2 saturated heterocycles. The molecule has 36 heavy (non-hydrogen) atoms. The van der Waals surface area contributed by atoms with Gasteiger partial charge in [0.15, 0.2) is 0 Å². The molecule has 7 heteroatoms. The molecule has 2 aliphatic rings. The van der Waals surface area contributed by atoms with E-state index in [4.69, 9.17) is 0 Å². The quantitative estimate of drug-likeness (QED) is 0.584. The van der Waals surface area contributed by atoms with Gasteiger partial charge in [0.1, 0.15) is 12.1 Å². The Morgan fingerprint density at radius 2 is 1.64 bits per heavy atom. The number of likely N-dealkylation sites (tertiary alicyclic amines) is 1. The van der Waals surface area contributed by atoms with E-state index in [1.165, 1.54) is 0 Å². The number of aryl methyl sites for hydroxylation is 1. The maximum atomic E-state index is 13.8. The van der Waals surface area contributed by atoms with Crippen LogP contribution in [0.2, 0.25) is 0 Å². The molecule has 1 atom stereocenters. The average molecular weight is 491 g/mol. The lowest BCUT2D eigenvalue weighted by molar-refractivity contribution is -0.140. The zero-order valence-electron chi connectivity index (χ0n) is 21.5. The van der Waals surface area contributed by atoms with E-state index < -0.39 is 5.54 Å². The molecule has 2 aliphatic heterocycles. The first-order valence-corrected chi connectivity index (χ1v) is 13.1. The zero-order valence-corrected chi connectivity index (χ0v) is 21.5. The van der Waals surface area contributed by atoms with Crippen molar-refractivity contribution in [1.82, 2.24) is 15.1 Å². The molecule has 7 nitrogen and oxygen atoms in total. The molecule has 2 heterocycles. The highest BCUT2D eigenvalue weighted by atomic mass is 16.2. The Morgan fingerprint density at radius 1 is 1.00 bits per heavy atom. The number of anilines is 1. The molecule has 0 radical (unpaired) electrons. The third-order valence-corrected chi connectivity index (χ3v) is 7.67. The summed E-state index contributed by atoms with van der Waals surface area (Å²) in [6.07, 6.45) is 3.30. The number of carbonyl (C=O) groups excluding carboxylic acids is 3. The fourth-order valence-corrected chi connectivity index (χ4v) is 5.16. The number of piperidine rings is 1. The summed E-state index contributed by atoms with van der Waals surface area (Å²) in [5, 5.41) is 2.97. The number of hydrogen-bond donors (Lipinski definition) is 1. The van der Waals surface area contributed by atoms with Crippen molar-refractivity contribution in [3.05, 3.63) is 66.2 Å². The fourth-order valence-electron chi connectivity index (χ4n) is 5.16. The Labute approximate surface area is 214 Å². The van der Waals surface area contributed by atoms with Gasteiger partial charge in [-0.05, 0) is 42.9 Å². The molecule has 1 spiro atoms. The van der Waals surface area contributed by atoms with Gasteiger partial charge in [0, 0.05) is 31.7 Å². The Kier molecular flexibility index (Phi) is 8.28. The Bertz CT molecular complexity index is 1030. The largest absolute Gasteiger partial charge is 0.354 e. The van der Waals surface area contributed by atoms with E-state index >= 15 is 0 Å². The molecule has 192 valence electrons. The maximum absolute atomic E-state index is 13.8. The summed E-state index contributed by atoms with van der Waals surface area (Å²) < 4.78 is 0. The van der Waals surface area contributed by atoms with E-state index in [0.29, 0.717) is 51.5 Å². The Morgan fingerprint density at radius 3 is 2.28 bits per heavy atom. The molecule has 0 aliphatic carbocycles. The molecule has 0 aromatic heterocycles. The van der Waals surface area contributed by atoms with Crippen LogP contribution in [0.4, 0.5) is 5.69 Å². The van der Waals surface area contributed by atoms with Crippen LogP contribution in [0.3, 0.4) is 0 Å². The standard InChI is InChI=1S/C29H38N4O3/c1-3-23(2)20-30-26(34)21-32-22-33(25-12-8-5-9-13-25)29(28(32)36)16-18-31(19-17-29)27(35)15-14-24-10-6-4-7-11-24/h4-13,23H,3,14-22H2,1-2H3,(H,30,34). The van der Waals surface area contributed by atoms with Crippen LogP contribution in [0, 0.1) is 5.92 Å². The van der Waals surface area contributed by atoms with Gasteiger partial charge in [-0.2, -0.15) is 0 Å². The van der Waals surface area contributed by atoms with Crippen molar-refractivity contribution < 1.29 is 14.4 Å². The van der Waals surface area contributed by atoms with E-state index in [1.807, 2.05) is 65.6 Å². The molecule has 1 N–H and O–H groups in total. The molecule has 4 rings (SSSR count). The molecule has 2 fully saturated rings. The van der Waals surface area contributed by atoms with Crippen LogP contribution in [0.5, 0.6) is 0 Å². The first kappa shape index (κ1) is 25.7. The summed E-state index contributed by atoms with van der Waals surface area (Å²) in [7, 11) is 0. The van der Waals surface area contributed by atoms with E-state index in [0.717, 1.165) is 24.1 Å². The number of nitrogens with one attached hydrogen (secondary N) is 1. The molecular weight excluding hydrogens is 452 g/mol. The lowest BCUT2D eigenvalue weighted by atomic mass is 9.85.